The molecule has 8 nitrogen and oxygen atoms in total. The number of nitrogens with zero attached hydrogens (tertiary/aromatic N) is 5. The molecule has 5 rings (SSSR count). The standard InChI is InChI=1S/C32H36N6O2/c1-22-18-23(2)28(32(40)38-16-14-37(15-17-38)31-27(30(34)39)7-5-11-35-31)20-26(22)19-24-9-12-36(13-10-24)29-8-4-3-6-25(29)21-33/h3-8,11,18,20,24H,9-10,12-17,19H2,1-2H3,(H2,34,39). The summed E-state index contributed by atoms with van der Waals surface area (Å²) < 4.78 is 0. The number of piperazine rings is 1. The second-order valence-corrected chi connectivity index (χ2v) is 10.9. The van der Waals surface area contributed by atoms with Crippen LogP contribution < -0.4 is 15.5 Å². The quantitative estimate of drug-likeness (QED) is 0.509. The molecule has 0 radical (unpaired) electrons. The zero-order chi connectivity index (χ0) is 28.2. The molecule has 2 saturated heterocycles. The van der Waals surface area contributed by atoms with E-state index in [0.717, 1.165) is 54.7 Å². The first-order valence-corrected chi connectivity index (χ1v) is 14.0. The summed E-state index contributed by atoms with van der Waals surface area (Å²) in [4.78, 5) is 36.1. The van der Waals surface area contributed by atoms with E-state index in [9.17, 15) is 14.9 Å². The fourth-order valence-electron chi connectivity index (χ4n) is 6.01. The van der Waals surface area contributed by atoms with Gasteiger partial charge in [-0.25, -0.2) is 4.98 Å². The Morgan fingerprint density at radius 1 is 0.925 bits per heavy atom. The normalized spacial score (nSPS) is 16.1. The minimum Gasteiger partial charge on any atom is -0.370 e. The highest BCUT2D eigenvalue weighted by atomic mass is 16.2. The van der Waals surface area contributed by atoms with Crippen LogP contribution in [0.5, 0.6) is 0 Å². The number of anilines is 2. The van der Waals surface area contributed by atoms with Crippen LogP contribution in [0.15, 0.2) is 54.7 Å². The highest BCUT2D eigenvalue weighted by Gasteiger charge is 2.27. The molecule has 2 fully saturated rings. The van der Waals surface area contributed by atoms with Gasteiger partial charge in [-0.3, -0.25) is 9.59 Å². The summed E-state index contributed by atoms with van der Waals surface area (Å²) >= 11 is 0. The van der Waals surface area contributed by atoms with Crippen LogP contribution in [0.25, 0.3) is 0 Å². The van der Waals surface area contributed by atoms with Gasteiger partial charge in [-0.15, -0.1) is 0 Å². The minimum atomic E-state index is -0.498. The molecule has 8 heteroatoms. The summed E-state index contributed by atoms with van der Waals surface area (Å²) in [6.07, 6.45) is 4.72. The third-order valence-corrected chi connectivity index (χ3v) is 8.32. The second kappa shape index (κ2) is 11.8. The van der Waals surface area contributed by atoms with E-state index in [2.05, 4.69) is 35.0 Å². The van der Waals surface area contributed by atoms with Crippen LogP contribution in [0.4, 0.5) is 11.5 Å². The van der Waals surface area contributed by atoms with E-state index in [0.29, 0.717) is 43.5 Å². The van der Waals surface area contributed by atoms with E-state index in [4.69, 9.17) is 5.73 Å². The molecule has 0 unspecified atom stereocenters. The maximum absolute atomic E-state index is 13.6. The average molecular weight is 537 g/mol. The topological polar surface area (TPSA) is 107 Å². The number of hydrogen-bond acceptors (Lipinski definition) is 6. The number of nitriles is 1. The Morgan fingerprint density at radius 2 is 1.65 bits per heavy atom. The number of hydrogen-bond donors (Lipinski definition) is 1. The first-order valence-electron chi connectivity index (χ1n) is 14.0. The third-order valence-electron chi connectivity index (χ3n) is 8.32. The molecule has 2 amide bonds. The van der Waals surface area contributed by atoms with E-state index >= 15 is 0 Å². The van der Waals surface area contributed by atoms with Crippen molar-refractivity contribution in [3.8, 4) is 6.07 Å². The Hall–Kier alpha value is -4.38. The van der Waals surface area contributed by atoms with Crippen molar-refractivity contribution in [1.29, 1.82) is 5.26 Å². The van der Waals surface area contributed by atoms with Crippen LogP contribution in [0.3, 0.4) is 0 Å². The smallest absolute Gasteiger partial charge is 0.254 e. The third kappa shape index (κ3) is 5.64. The SMILES string of the molecule is Cc1cc(C)c(C(=O)N2CCN(c3ncccc3C(N)=O)CC2)cc1CC1CCN(c2ccccc2C#N)CC1. The van der Waals surface area contributed by atoms with Crippen LogP contribution in [-0.4, -0.2) is 61.0 Å². The Balaban J connectivity index is 1.23. The first kappa shape index (κ1) is 27.2. The molecule has 0 spiro atoms. The van der Waals surface area contributed by atoms with Gasteiger partial charge < -0.3 is 20.4 Å². The molecule has 3 aromatic rings. The lowest BCUT2D eigenvalue weighted by Gasteiger charge is -2.36. The van der Waals surface area contributed by atoms with Crippen LogP contribution in [0.1, 0.15) is 55.8 Å². The molecule has 0 atom stereocenters. The predicted molar refractivity (Wildman–Crippen MR) is 157 cm³/mol. The maximum Gasteiger partial charge on any atom is 0.254 e. The van der Waals surface area contributed by atoms with Gasteiger partial charge in [0, 0.05) is 51.0 Å². The zero-order valence-electron chi connectivity index (χ0n) is 23.3. The van der Waals surface area contributed by atoms with Gasteiger partial charge in [-0.05, 0) is 86.1 Å². The van der Waals surface area contributed by atoms with E-state index < -0.39 is 5.91 Å². The monoisotopic (exact) mass is 536 g/mol. The lowest BCUT2D eigenvalue weighted by Crippen LogP contribution is -2.49. The summed E-state index contributed by atoms with van der Waals surface area (Å²) in [7, 11) is 0. The molecule has 2 aliphatic heterocycles. The number of para-hydroxylation sites is 1. The number of rotatable bonds is 6. The molecule has 2 N–H and O–H groups in total. The number of piperidine rings is 1. The van der Waals surface area contributed by atoms with Gasteiger partial charge in [0.25, 0.3) is 11.8 Å². The van der Waals surface area contributed by atoms with Gasteiger partial charge in [0.15, 0.2) is 0 Å². The molecule has 3 heterocycles. The van der Waals surface area contributed by atoms with Gasteiger partial charge >= 0.3 is 0 Å². The molecular weight excluding hydrogens is 500 g/mol. The number of aryl methyl sites for hydroxylation is 2. The lowest BCUT2D eigenvalue weighted by molar-refractivity contribution is 0.0745. The molecule has 2 aliphatic rings. The highest BCUT2D eigenvalue weighted by Crippen LogP contribution is 2.30. The average Bonchev–Trinajstić information content (AvgIpc) is 2.98. The number of nitrogens with two attached hydrogens (primary N) is 1. The number of pyridine rings is 1. The van der Waals surface area contributed by atoms with Crippen molar-refractivity contribution in [2.45, 2.75) is 33.1 Å². The van der Waals surface area contributed by atoms with Gasteiger partial charge in [0.05, 0.1) is 16.8 Å². The number of primary amides is 1. The largest absolute Gasteiger partial charge is 0.370 e. The summed E-state index contributed by atoms with van der Waals surface area (Å²) in [5.41, 5.74) is 11.9. The highest BCUT2D eigenvalue weighted by molar-refractivity contribution is 5.98. The molecular formula is C32H36N6O2. The molecule has 0 aliphatic carbocycles. The van der Waals surface area contributed by atoms with Crippen LogP contribution >= 0.6 is 0 Å². The van der Waals surface area contributed by atoms with Crippen molar-refractivity contribution in [1.82, 2.24) is 9.88 Å². The summed E-state index contributed by atoms with van der Waals surface area (Å²) in [6, 6.07) is 17.8. The van der Waals surface area contributed by atoms with Gasteiger partial charge in [-0.2, -0.15) is 5.26 Å². The Labute approximate surface area is 236 Å². The fraction of sp³-hybridized carbons (Fsp3) is 0.375. The second-order valence-electron chi connectivity index (χ2n) is 10.9. The van der Waals surface area contributed by atoms with Crippen molar-refractivity contribution in [2.75, 3.05) is 49.1 Å². The number of benzene rings is 2. The van der Waals surface area contributed by atoms with E-state index in [1.807, 2.05) is 41.0 Å². The number of carbonyl (C=O) groups excluding carboxylic acids is 2. The summed E-state index contributed by atoms with van der Waals surface area (Å²) in [6.45, 7) is 8.30. The molecule has 40 heavy (non-hydrogen) atoms. The van der Waals surface area contributed by atoms with Gasteiger partial charge in [0.1, 0.15) is 11.9 Å². The predicted octanol–water partition coefficient (Wildman–Crippen LogP) is 4.09. The fourth-order valence-corrected chi connectivity index (χ4v) is 6.01. The van der Waals surface area contributed by atoms with Crippen LogP contribution in [0, 0.1) is 31.1 Å². The first-order chi connectivity index (χ1) is 19.4. The van der Waals surface area contributed by atoms with Gasteiger partial charge in [0.2, 0.25) is 0 Å². The molecule has 0 saturated carbocycles. The summed E-state index contributed by atoms with van der Waals surface area (Å²) in [5, 5.41) is 9.48. The van der Waals surface area contributed by atoms with Crippen molar-refractivity contribution in [3.63, 3.8) is 0 Å². The Morgan fingerprint density at radius 3 is 2.35 bits per heavy atom. The van der Waals surface area contributed by atoms with Crippen LogP contribution in [-0.2, 0) is 6.42 Å². The molecule has 0 bridgehead atoms. The Bertz CT molecular complexity index is 1450. The van der Waals surface area contributed by atoms with Crippen molar-refractivity contribution in [2.24, 2.45) is 11.7 Å². The number of amides is 2. The minimum absolute atomic E-state index is 0.0532. The van der Waals surface area contributed by atoms with Crippen molar-refractivity contribution >= 4 is 23.3 Å². The maximum atomic E-state index is 13.6. The summed E-state index contributed by atoms with van der Waals surface area (Å²) in [5.74, 6) is 0.675. The molecule has 2 aromatic carbocycles. The van der Waals surface area contributed by atoms with Gasteiger partial charge in [-0.1, -0.05) is 18.2 Å². The Kier molecular flexibility index (Phi) is 8.01. The van der Waals surface area contributed by atoms with Crippen molar-refractivity contribution < 1.29 is 9.59 Å². The molecule has 206 valence electrons. The van der Waals surface area contributed by atoms with E-state index in [1.54, 1.807) is 18.3 Å². The van der Waals surface area contributed by atoms with Crippen LogP contribution in [0.2, 0.25) is 0 Å². The number of carbonyl (C=O) groups is 2. The zero-order valence-corrected chi connectivity index (χ0v) is 23.3. The number of aromatic nitrogens is 1. The van der Waals surface area contributed by atoms with E-state index in [-0.39, 0.29) is 5.91 Å². The van der Waals surface area contributed by atoms with E-state index in [1.165, 1.54) is 11.1 Å². The van der Waals surface area contributed by atoms with Crippen molar-refractivity contribution in [3.05, 3.63) is 88.1 Å². The molecule has 1 aromatic heterocycles. The lowest BCUT2D eigenvalue weighted by atomic mass is 9.86.